The van der Waals surface area contributed by atoms with E-state index in [2.05, 4.69) is 17.8 Å². The lowest BCUT2D eigenvalue weighted by atomic mass is 10.0. The molecule has 6 aromatic carbocycles. The average Bonchev–Trinajstić information content (AvgIpc) is 3.80. The summed E-state index contributed by atoms with van der Waals surface area (Å²) in [5.41, 5.74) is 15.8. The number of carbonyl (C=O) groups is 2. The molecule has 0 atom stereocenters. The molecule has 12 nitrogen and oxygen atoms in total. The molecule has 6 aromatic rings. The summed E-state index contributed by atoms with van der Waals surface area (Å²) in [4.78, 5) is 28.4. The Morgan fingerprint density at radius 3 is 1.27 bits per heavy atom. The highest BCUT2D eigenvalue weighted by molar-refractivity contribution is 7.91. The SMILES string of the molecule is CCCCCCCCCC(OC(=O)c1ccc2c(c1)-c1ccccc1/C2=N\Nc1ccc(S(C)(=O)=O)cc1)OC(=O)c1ccc2c(c1)-c1ccccc1/C2=N\Nc1ccc(S(C)(=O)=O)cc1. The van der Waals surface area contributed by atoms with Gasteiger partial charge in [-0.05, 0) is 101 Å². The van der Waals surface area contributed by atoms with Crippen molar-refractivity contribution in [2.24, 2.45) is 10.2 Å². The van der Waals surface area contributed by atoms with Crippen LogP contribution in [0.2, 0.25) is 0 Å². The Morgan fingerprint density at radius 1 is 0.485 bits per heavy atom. The summed E-state index contributed by atoms with van der Waals surface area (Å²) < 4.78 is 59.9. The highest BCUT2D eigenvalue weighted by atomic mass is 32.2. The number of benzene rings is 6. The lowest BCUT2D eigenvalue weighted by Gasteiger charge is -2.19. The largest absolute Gasteiger partial charge is 0.422 e. The van der Waals surface area contributed by atoms with Crippen molar-refractivity contribution in [3.63, 3.8) is 0 Å². The van der Waals surface area contributed by atoms with E-state index >= 15 is 0 Å². The van der Waals surface area contributed by atoms with Crippen LogP contribution >= 0.6 is 0 Å². The van der Waals surface area contributed by atoms with Gasteiger partial charge in [0, 0.05) is 41.2 Å². The smallest absolute Gasteiger partial charge is 0.341 e. The highest BCUT2D eigenvalue weighted by Crippen LogP contribution is 2.39. The van der Waals surface area contributed by atoms with Crippen molar-refractivity contribution in [1.82, 2.24) is 0 Å². The Kier molecular flexibility index (Phi) is 13.6. The molecule has 0 saturated carbocycles. The van der Waals surface area contributed by atoms with Gasteiger partial charge in [-0.15, -0.1) is 0 Å². The van der Waals surface area contributed by atoms with Crippen LogP contribution in [0.5, 0.6) is 0 Å². The third-order valence-electron chi connectivity index (χ3n) is 11.6. The topological polar surface area (TPSA) is 170 Å². The number of nitrogens with zero attached hydrogens (tertiary/aromatic N) is 2. The van der Waals surface area contributed by atoms with Gasteiger partial charge in [-0.3, -0.25) is 10.9 Å². The second-order valence-electron chi connectivity index (χ2n) is 16.5. The van der Waals surface area contributed by atoms with Crippen molar-refractivity contribution in [2.75, 3.05) is 23.4 Å². The highest BCUT2D eigenvalue weighted by Gasteiger charge is 2.30. The molecule has 14 heteroatoms. The van der Waals surface area contributed by atoms with Gasteiger partial charge >= 0.3 is 11.9 Å². The fraction of sp³-hybridized carbons (Fsp3) is 0.231. The van der Waals surface area contributed by atoms with E-state index < -0.39 is 37.9 Å². The Bertz CT molecular complexity index is 2890. The fourth-order valence-corrected chi connectivity index (χ4v) is 9.42. The van der Waals surface area contributed by atoms with Crippen molar-refractivity contribution in [3.05, 3.63) is 167 Å². The third-order valence-corrected chi connectivity index (χ3v) is 13.9. The van der Waals surface area contributed by atoms with E-state index in [0.29, 0.717) is 35.6 Å². The number of hydrogen-bond acceptors (Lipinski definition) is 12. The van der Waals surface area contributed by atoms with Crippen molar-refractivity contribution in [2.45, 2.75) is 74.4 Å². The summed E-state index contributed by atoms with van der Waals surface area (Å²) >= 11 is 0. The number of hydrazone groups is 2. The Balaban J connectivity index is 1.01. The van der Waals surface area contributed by atoms with Gasteiger partial charge in [0.15, 0.2) is 19.7 Å². The zero-order valence-electron chi connectivity index (χ0n) is 36.9. The minimum absolute atomic E-state index is 0.208. The van der Waals surface area contributed by atoms with E-state index in [-0.39, 0.29) is 20.9 Å². The second kappa shape index (κ2) is 19.7. The number of nitrogens with one attached hydrogen (secondary N) is 2. The standard InChI is InChI=1S/C52H50N4O8S2/c1-4-5-6-7-8-9-10-19-48(63-51(57)34-20-30-44-46(32-34)40-15-11-13-17-42(40)49(44)55-53-36-22-26-38(27-23-36)65(2,59)60)64-52(58)35-21-31-45-47(33-35)41-16-12-14-18-43(41)50(45)56-54-37-24-28-39(29-25-37)66(3,61)62/h11-18,20-33,48,53-54H,4-10,19H2,1-3H3/b55-49+,56-50+. The second-order valence-corrected chi connectivity index (χ2v) is 20.5. The van der Waals surface area contributed by atoms with E-state index in [0.717, 1.165) is 89.1 Å². The molecular weight excluding hydrogens is 873 g/mol. The normalized spacial score (nSPS) is 13.8. The average molecular weight is 923 g/mol. The number of anilines is 2. The van der Waals surface area contributed by atoms with Gasteiger partial charge in [0.25, 0.3) is 0 Å². The van der Waals surface area contributed by atoms with Gasteiger partial charge in [-0.25, -0.2) is 26.4 Å². The number of ether oxygens (including phenoxy) is 2. The molecule has 0 aromatic heterocycles. The van der Waals surface area contributed by atoms with Crippen LogP contribution in [0, 0.1) is 0 Å². The van der Waals surface area contributed by atoms with Crippen LogP contribution in [0.15, 0.2) is 153 Å². The Labute approximate surface area is 385 Å². The lowest BCUT2D eigenvalue weighted by Crippen LogP contribution is -2.25. The number of unbranched alkanes of at least 4 members (excludes halogenated alkanes) is 6. The number of hydrogen-bond donors (Lipinski definition) is 2. The number of sulfone groups is 2. The zero-order valence-corrected chi connectivity index (χ0v) is 38.5. The summed E-state index contributed by atoms with van der Waals surface area (Å²) in [7, 11) is -6.69. The molecule has 2 N–H and O–H groups in total. The quantitative estimate of drug-likeness (QED) is 0.0365. The first-order chi connectivity index (χ1) is 31.8. The Hall–Kier alpha value is -6.90. The summed E-state index contributed by atoms with van der Waals surface area (Å²) in [6, 6.07) is 38.7. The van der Waals surface area contributed by atoms with E-state index in [1.54, 1.807) is 48.5 Å². The zero-order chi connectivity index (χ0) is 46.4. The minimum atomic E-state index is -3.35. The van der Waals surface area contributed by atoms with Crippen LogP contribution in [0.1, 0.15) is 101 Å². The van der Waals surface area contributed by atoms with Gasteiger partial charge in [-0.2, -0.15) is 10.2 Å². The summed E-state index contributed by atoms with van der Waals surface area (Å²) in [5.74, 6) is -1.26. The van der Waals surface area contributed by atoms with E-state index in [9.17, 15) is 26.4 Å². The predicted molar refractivity (Wildman–Crippen MR) is 259 cm³/mol. The first-order valence-corrected chi connectivity index (χ1v) is 25.7. The van der Waals surface area contributed by atoms with E-state index in [4.69, 9.17) is 19.7 Å². The molecule has 0 aliphatic heterocycles. The molecule has 0 amide bonds. The molecule has 0 spiro atoms. The molecule has 0 unspecified atom stereocenters. The van der Waals surface area contributed by atoms with Crippen LogP contribution in [0.3, 0.4) is 0 Å². The first-order valence-electron chi connectivity index (χ1n) is 22.0. The number of fused-ring (bicyclic) bond motifs is 6. The summed E-state index contributed by atoms with van der Waals surface area (Å²) in [6.07, 6.45) is 8.73. The third kappa shape index (κ3) is 10.3. The van der Waals surface area contributed by atoms with E-state index in [1.165, 1.54) is 30.7 Å². The predicted octanol–water partition coefficient (Wildman–Crippen LogP) is 10.7. The number of esters is 2. The maximum atomic E-state index is 14.0. The van der Waals surface area contributed by atoms with Crippen molar-refractivity contribution in [3.8, 4) is 22.3 Å². The lowest BCUT2D eigenvalue weighted by molar-refractivity contribution is -0.0838. The van der Waals surface area contributed by atoms with Crippen LogP contribution in [0.4, 0.5) is 11.4 Å². The molecule has 338 valence electrons. The van der Waals surface area contributed by atoms with Crippen molar-refractivity contribution in [1.29, 1.82) is 0 Å². The van der Waals surface area contributed by atoms with Gasteiger partial charge in [0.1, 0.15) is 0 Å². The van der Waals surface area contributed by atoms with E-state index in [1.807, 2.05) is 60.7 Å². The molecule has 2 aliphatic carbocycles. The van der Waals surface area contributed by atoms with Crippen molar-refractivity contribution >= 4 is 54.4 Å². The molecule has 0 fully saturated rings. The van der Waals surface area contributed by atoms with Crippen LogP contribution in [0.25, 0.3) is 22.3 Å². The first kappa shape index (κ1) is 45.7. The molecular formula is C52H50N4O8S2. The minimum Gasteiger partial charge on any atom is -0.422 e. The van der Waals surface area contributed by atoms with Gasteiger partial charge in [0.2, 0.25) is 6.29 Å². The molecule has 2 aliphatic rings. The monoisotopic (exact) mass is 922 g/mol. The summed E-state index contributed by atoms with van der Waals surface area (Å²) in [6.45, 7) is 2.18. The van der Waals surface area contributed by atoms with Gasteiger partial charge in [0.05, 0.1) is 43.7 Å². The van der Waals surface area contributed by atoms with Crippen LogP contribution in [-0.4, -0.2) is 59.0 Å². The molecule has 0 bridgehead atoms. The molecule has 8 rings (SSSR count). The molecule has 0 saturated heterocycles. The summed E-state index contributed by atoms with van der Waals surface area (Å²) in [5, 5.41) is 9.41. The molecule has 0 radical (unpaired) electrons. The fourth-order valence-electron chi connectivity index (χ4n) is 8.16. The molecule has 0 heterocycles. The molecule has 66 heavy (non-hydrogen) atoms. The van der Waals surface area contributed by atoms with Crippen LogP contribution in [-0.2, 0) is 29.1 Å². The maximum Gasteiger partial charge on any atom is 0.341 e. The maximum absolute atomic E-state index is 14.0. The Morgan fingerprint density at radius 2 is 0.864 bits per heavy atom. The van der Waals surface area contributed by atoms with Gasteiger partial charge in [-0.1, -0.05) is 106 Å². The number of carbonyl (C=O) groups excluding carboxylic acids is 2. The number of rotatable bonds is 18. The van der Waals surface area contributed by atoms with Gasteiger partial charge < -0.3 is 9.47 Å². The van der Waals surface area contributed by atoms with Crippen molar-refractivity contribution < 1.29 is 35.9 Å². The van der Waals surface area contributed by atoms with Crippen LogP contribution < -0.4 is 10.9 Å².